The Balaban J connectivity index is 0.00000161. The predicted molar refractivity (Wildman–Crippen MR) is 102 cm³/mol. The highest BCUT2D eigenvalue weighted by molar-refractivity contribution is 6.30. The quantitative estimate of drug-likeness (QED) is 0.666. The third-order valence-corrected chi connectivity index (χ3v) is 2.88. The van der Waals surface area contributed by atoms with Crippen molar-refractivity contribution in [2.45, 2.75) is 0 Å². The summed E-state index contributed by atoms with van der Waals surface area (Å²) in [6.07, 6.45) is 3.34. The molecule has 0 unspecified atom stereocenters. The molecule has 0 aliphatic carbocycles. The second-order valence-corrected chi connectivity index (χ2v) is 4.55. The van der Waals surface area contributed by atoms with Crippen molar-refractivity contribution in [3.05, 3.63) is 65.9 Å². The van der Waals surface area contributed by atoms with Gasteiger partial charge in [-0.2, -0.15) is 0 Å². The van der Waals surface area contributed by atoms with Crippen molar-refractivity contribution in [1.82, 2.24) is 15.0 Å². The summed E-state index contributed by atoms with van der Waals surface area (Å²) in [5.74, 6) is 1.41. The van der Waals surface area contributed by atoms with Gasteiger partial charge in [-0.1, -0.05) is 23.7 Å². The Hall–Kier alpha value is -1.59. The van der Waals surface area contributed by atoms with Gasteiger partial charge >= 0.3 is 0 Å². The van der Waals surface area contributed by atoms with E-state index in [9.17, 15) is 0 Å². The summed E-state index contributed by atoms with van der Waals surface area (Å²) < 4.78 is 0. The van der Waals surface area contributed by atoms with Gasteiger partial charge in [0.25, 0.3) is 0 Å². The second kappa shape index (κ2) is 10.2. The molecule has 122 valence electrons. The maximum Gasteiger partial charge on any atom is 0.132 e. The molecule has 0 saturated heterocycles. The molecular weight excluding hydrogens is 378 g/mol. The molecule has 0 atom stereocenters. The Morgan fingerprint density at radius 2 is 1.52 bits per heavy atom. The Morgan fingerprint density at radius 3 is 2.17 bits per heavy atom. The normalized spacial score (nSPS) is 8.91. The van der Waals surface area contributed by atoms with Crippen molar-refractivity contribution in [3.8, 4) is 11.4 Å². The first kappa shape index (κ1) is 21.4. The molecular formula is C15H14Cl4N4. The topological polar surface area (TPSA) is 50.7 Å². The van der Waals surface area contributed by atoms with E-state index < -0.39 is 0 Å². The van der Waals surface area contributed by atoms with Crippen molar-refractivity contribution >= 4 is 60.5 Å². The Labute approximate surface area is 158 Å². The number of rotatable bonds is 3. The number of nitrogens with zero attached hydrogens (tertiary/aromatic N) is 3. The second-order valence-electron chi connectivity index (χ2n) is 4.11. The van der Waals surface area contributed by atoms with Crippen LogP contribution in [0.25, 0.3) is 11.4 Å². The van der Waals surface area contributed by atoms with Crippen LogP contribution < -0.4 is 5.32 Å². The van der Waals surface area contributed by atoms with Crippen LogP contribution in [0.1, 0.15) is 0 Å². The smallest absolute Gasteiger partial charge is 0.132 e. The number of halogens is 4. The summed E-state index contributed by atoms with van der Waals surface area (Å²) in [7, 11) is 0. The van der Waals surface area contributed by atoms with Gasteiger partial charge in [-0.25, -0.2) is 9.97 Å². The molecule has 0 aromatic carbocycles. The zero-order chi connectivity index (χ0) is 13.8. The largest absolute Gasteiger partial charge is 0.325 e. The zero-order valence-electron chi connectivity index (χ0n) is 11.7. The van der Waals surface area contributed by atoms with Crippen LogP contribution in [-0.4, -0.2) is 15.0 Å². The number of aromatic nitrogens is 3. The van der Waals surface area contributed by atoms with Crippen LogP contribution >= 0.6 is 48.8 Å². The van der Waals surface area contributed by atoms with E-state index in [1.807, 2.05) is 36.4 Å². The van der Waals surface area contributed by atoms with Crippen molar-refractivity contribution in [3.63, 3.8) is 0 Å². The lowest BCUT2D eigenvalue weighted by molar-refractivity contribution is 1.22. The molecule has 0 aliphatic rings. The molecule has 3 heterocycles. The molecule has 3 rings (SSSR count). The summed E-state index contributed by atoms with van der Waals surface area (Å²) >= 11 is 5.81. The average Bonchev–Trinajstić information content (AvgIpc) is 2.51. The highest BCUT2D eigenvalue weighted by atomic mass is 35.5. The summed E-state index contributed by atoms with van der Waals surface area (Å²) in [5, 5.41) is 3.74. The first-order valence-corrected chi connectivity index (χ1v) is 6.46. The molecule has 0 spiro atoms. The van der Waals surface area contributed by atoms with E-state index in [4.69, 9.17) is 11.6 Å². The Bertz CT molecular complexity index is 708. The highest BCUT2D eigenvalue weighted by Gasteiger charge is 2.02. The maximum atomic E-state index is 5.81. The highest BCUT2D eigenvalue weighted by Crippen LogP contribution is 2.19. The molecule has 3 aromatic rings. The molecule has 23 heavy (non-hydrogen) atoms. The molecule has 0 radical (unpaired) electrons. The van der Waals surface area contributed by atoms with Crippen molar-refractivity contribution < 1.29 is 0 Å². The fraction of sp³-hybridized carbons (Fsp3) is 0. The molecule has 0 saturated carbocycles. The number of nitrogens with one attached hydrogen (secondary N) is 1. The van der Waals surface area contributed by atoms with Gasteiger partial charge in [-0.05, 0) is 36.4 Å². The van der Waals surface area contributed by atoms with Gasteiger partial charge in [0.1, 0.15) is 11.6 Å². The standard InChI is InChI=1S/C15H11ClN4.3ClH/c16-11-7-8-14(18-10-11)20-15-6-3-5-13(19-15)12-4-1-2-9-17-12;;;/h1-10H,(H,18,19,20);3*1H. The van der Waals surface area contributed by atoms with Gasteiger partial charge in [0, 0.05) is 12.4 Å². The van der Waals surface area contributed by atoms with E-state index in [-0.39, 0.29) is 37.2 Å². The molecule has 0 fully saturated rings. The monoisotopic (exact) mass is 390 g/mol. The molecule has 8 heteroatoms. The van der Waals surface area contributed by atoms with Gasteiger partial charge in [0.05, 0.1) is 16.4 Å². The number of pyridine rings is 3. The third-order valence-electron chi connectivity index (χ3n) is 2.66. The lowest BCUT2D eigenvalue weighted by Crippen LogP contribution is -1.97. The van der Waals surface area contributed by atoms with E-state index in [0.29, 0.717) is 16.7 Å². The first-order chi connectivity index (χ1) is 9.81. The molecule has 4 nitrogen and oxygen atoms in total. The lowest BCUT2D eigenvalue weighted by atomic mass is 10.2. The maximum absolute atomic E-state index is 5.81. The van der Waals surface area contributed by atoms with E-state index in [1.165, 1.54) is 0 Å². The fourth-order valence-corrected chi connectivity index (χ4v) is 1.85. The summed E-state index contributed by atoms with van der Waals surface area (Å²) in [6, 6.07) is 15.0. The van der Waals surface area contributed by atoms with Crippen molar-refractivity contribution in [1.29, 1.82) is 0 Å². The number of hydrogen-bond acceptors (Lipinski definition) is 4. The minimum atomic E-state index is 0. The Morgan fingerprint density at radius 1 is 0.739 bits per heavy atom. The molecule has 1 N–H and O–H groups in total. The Kier molecular flexibility index (Phi) is 9.53. The van der Waals surface area contributed by atoms with Gasteiger partial charge in [-0.3, -0.25) is 4.98 Å². The zero-order valence-corrected chi connectivity index (χ0v) is 14.9. The number of hydrogen-bond donors (Lipinski definition) is 1. The SMILES string of the molecule is Cl.Cl.Cl.Clc1ccc(Nc2cccc(-c3ccccn3)n2)nc1. The summed E-state index contributed by atoms with van der Waals surface area (Å²) in [5.41, 5.74) is 1.64. The van der Waals surface area contributed by atoms with Crippen LogP contribution in [0.15, 0.2) is 60.9 Å². The molecule has 0 amide bonds. The van der Waals surface area contributed by atoms with Gasteiger partial charge in [-0.15, -0.1) is 37.2 Å². The molecule has 3 aromatic heterocycles. The van der Waals surface area contributed by atoms with Gasteiger partial charge in [0.2, 0.25) is 0 Å². The fourth-order valence-electron chi connectivity index (χ4n) is 1.74. The summed E-state index contributed by atoms with van der Waals surface area (Å²) in [4.78, 5) is 13.0. The minimum absolute atomic E-state index is 0. The van der Waals surface area contributed by atoms with Crippen LogP contribution in [0, 0.1) is 0 Å². The number of anilines is 2. The average molecular weight is 392 g/mol. The van der Waals surface area contributed by atoms with Crippen molar-refractivity contribution in [2.24, 2.45) is 0 Å². The van der Waals surface area contributed by atoms with Crippen molar-refractivity contribution in [2.75, 3.05) is 5.32 Å². The predicted octanol–water partition coefficient (Wildman–Crippen LogP) is 5.20. The third kappa shape index (κ3) is 5.84. The van der Waals surface area contributed by atoms with Crippen LogP contribution in [0.3, 0.4) is 0 Å². The van der Waals surface area contributed by atoms with Crippen LogP contribution in [0.4, 0.5) is 11.6 Å². The van der Waals surface area contributed by atoms with E-state index in [1.54, 1.807) is 24.5 Å². The van der Waals surface area contributed by atoms with Crippen LogP contribution in [-0.2, 0) is 0 Å². The van der Waals surface area contributed by atoms with E-state index in [2.05, 4.69) is 20.3 Å². The van der Waals surface area contributed by atoms with E-state index in [0.717, 1.165) is 11.4 Å². The van der Waals surface area contributed by atoms with Crippen LogP contribution in [0.5, 0.6) is 0 Å². The lowest BCUT2D eigenvalue weighted by Gasteiger charge is -2.06. The molecule has 0 aliphatic heterocycles. The van der Waals surface area contributed by atoms with E-state index >= 15 is 0 Å². The minimum Gasteiger partial charge on any atom is -0.325 e. The first-order valence-electron chi connectivity index (χ1n) is 6.08. The summed E-state index contributed by atoms with van der Waals surface area (Å²) in [6.45, 7) is 0. The van der Waals surface area contributed by atoms with Gasteiger partial charge in [0.15, 0.2) is 0 Å². The molecule has 0 bridgehead atoms. The van der Waals surface area contributed by atoms with Crippen LogP contribution in [0.2, 0.25) is 5.02 Å². The van der Waals surface area contributed by atoms with Gasteiger partial charge < -0.3 is 5.32 Å².